The first-order valence-electron chi connectivity index (χ1n) is 4.67. The number of rotatable bonds is 9. The van der Waals surface area contributed by atoms with Crippen molar-refractivity contribution in [2.45, 2.75) is 14.7 Å². The Morgan fingerprint density at radius 1 is 0.722 bits per heavy atom. The van der Waals surface area contributed by atoms with Crippen LogP contribution in [0.25, 0.3) is 0 Å². The second-order valence-corrected chi connectivity index (χ2v) is 11.8. The first-order chi connectivity index (χ1) is 8.83. The zero-order valence-corrected chi connectivity index (χ0v) is 16.7. The monoisotopic (exact) mass is 408 g/mol. The van der Waals surface area contributed by atoms with Crippen molar-refractivity contribution in [1.82, 2.24) is 0 Å². The van der Waals surface area contributed by atoms with Crippen LogP contribution in [0.15, 0.2) is 32.9 Å². The molecule has 0 spiro atoms. The van der Waals surface area contributed by atoms with Gasteiger partial charge < -0.3 is 0 Å². The summed E-state index contributed by atoms with van der Waals surface area (Å²) < 4.78 is 0. The van der Waals surface area contributed by atoms with Crippen molar-refractivity contribution in [3.05, 3.63) is 18.2 Å². The van der Waals surface area contributed by atoms with E-state index in [9.17, 15) is 0 Å². The molecular weight excluding hydrogens is 397 g/mol. The van der Waals surface area contributed by atoms with Crippen molar-refractivity contribution in [3.8, 4) is 0 Å². The minimum atomic E-state index is 0.813. The van der Waals surface area contributed by atoms with Crippen molar-refractivity contribution in [1.29, 1.82) is 0 Å². The summed E-state index contributed by atoms with van der Waals surface area (Å²) in [6.45, 7) is 0. The number of hydrogen-bond acceptors (Lipinski definition) is 9. The summed E-state index contributed by atoms with van der Waals surface area (Å²) >= 11 is 12.7. The molecule has 0 amide bonds. The van der Waals surface area contributed by atoms with Crippen molar-refractivity contribution in [2.75, 3.05) is 15.3 Å². The third-order valence-electron chi connectivity index (χ3n) is 1.54. The maximum atomic E-state index is 4.25. The Morgan fingerprint density at radius 3 is 1.61 bits per heavy atom. The van der Waals surface area contributed by atoms with Crippen molar-refractivity contribution < 1.29 is 0 Å². The largest absolute Gasteiger partial charge is 0.167 e. The van der Waals surface area contributed by atoms with Crippen LogP contribution in [-0.4, -0.2) is 15.3 Å². The first-order valence-corrected chi connectivity index (χ1v) is 13.5. The summed E-state index contributed by atoms with van der Waals surface area (Å²) in [7, 11) is 10.6. The van der Waals surface area contributed by atoms with Crippen LogP contribution >= 0.6 is 103 Å². The van der Waals surface area contributed by atoms with E-state index in [0.29, 0.717) is 0 Å². The van der Waals surface area contributed by atoms with Gasteiger partial charge in [0.05, 0.1) is 0 Å². The predicted octanol–water partition coefficient (Wildman–Crippen LogP) is 6.57. The lowest BCUT2D eigenvalue weighted by Crippen LogP contribution is -1.80. The molecule has 0 aliphatic heterocycles. The molecule has 0 saturated heterocycles. The molecule has 9 heteroatoms. The van der Waals surface area contributed by atoms with Gasteiger partial charge in [-0.15, -0.1) is 0 Å². The van der Waals surface area contributed by atoms with Gasteiger partial charge in [-0.1, -0.05) is 70.8 Å². The highest BCUT2D eigenvalue weighted by Crippen LogP contribution is 2.48. The van der Waals surface area contributed by atoms with E-state index in [1.165, 1.54) is 14.7 Å². The van der Waals surface area contributed by atoms with Crippen LogP contribution in [0, 0.1) is 0 Å². The molecule has 1 aromatic rings. The zero-order valence-electron chi connectivity index (χ0n) is 9.14. The fourth-order valence-electron chi connectivity index (χ4n) is 0.974. The SMILES string of the molecule is SCSSc1cccc(SSCS)c1SSCS. The summed E-state index contributed by atoms with van der Waals surface area (Å²) in [5.74, 6) is 0. The minimum absolute atomic E-state index is 0.813. The molecule has 0 aliphatic carbocycles. The van der Waals surface area contributed by atoms with Crippen LogP contribution in [0.5, 0.6) is 0 Å². The van der Waals surface area contributed by atoms with Crippen LogP contribution in [0.2, 0.25) is 0 Å². The maximum absolute atomic E-state index is 4.25. The Hall–Kier alpha value is 2.37. The molecule has 0 N–H and O–H groups in total. The molecule has 0 fully saturated rings. The summed E-state index contributed by atoms with van der Waals surface area (Å²) in [4.78, 5) is 3.94. The molecule has 0 nitrogen and oxygen atoms in total. The van der Waals surface area contributed by atoms with Gasteiger partial charge in [-0.05, 0) is 12.1 Å². The topological polar surface area (TPSA) is 0 Å². The van der Waals surface area contributed by atoms with Crippen molar-refractivity contribution in [2.24, 2.45) is 0 Å². The molecule has 0 unspecified atom stereocenters. The Balaban J connectivity index is 2.85. The van der Waals surface area contributed by atoms with Gasteiger partial charge in [-0.25, -0.2) is 0 Å². The van der Waals surface area contributed by atoms with Crippen LogP contribution < -0.4 is 0 Å². The van der Waals surface area contributed by atoms with E-state index in [1.54, 1.807) is 64.8 Å². The lowest BCUT2D eigenvalue weighted by molar-refractivity contribution is 1.14. The molecule has 0 aromatic heterocycles. The molecule has 1 aromatic carbocycles. The van der Waals surface area contributed by atoms with Gasteiger partial charge >= 0.3 is 0 Å². The molecule has 18 heavy (non-hydrogen) atoms. The third kappa shape index (κ3) is 6.89. The van der Waals surface area contributed by atoms with E-state index in [4.69, 9.17) is 0 Å². The van der Waals surface area contributed by atoms with Crippen molar-refractivity contribution >= 4 is 103 Å². The van der Waals surface area contributed by atoms with E-state index in [-0.39, 0.29) is 0 Å². The highest BCUT2D eigenvalue weighted by Gasteiger charge is 2.11. The summed E-state index contributed by atoms with van der Waals surface area (Å²) in [6, 6.07) is 6.44. The van der Waals surface area contributed by atoms with Gasteiger partial charge in [0, 0.05) is 29.9 Å². The van der Waals surface area contributed by atoms with E-state index < -0.39 is 0 Å². The summed E-state index contributed by atoms with van der Waals surface area (Å²) in [5.41, 5.74) is 0. The Labute approximate surface area is 149 Å². The van der Waals surface area contributed by atoms with Crippen LogP contribution in [0.4, 0.5) is 0 Å². The molecule has 0 heterocycles. The number of hydrogen-bond donors (Lipinski definition) is 3. The summed E-state index contributed by atoms with van der Waals surface area (Å²) in [6.07, 6.45) is 0. The highest BCUT2D eigenvalue weighted by molar-refractivity contribution is 8.80. The Morgan fingerprint density at radius 2 is 1.17 bits per heavy atom. The van der Waals surface area contributed by atoms with Gasteiger partial charge in [0.2, 0.25) is 0 Å². The molecule has 0 aliphatic rings. The molecule has 0 bridgehead atoms. The van der Waals surface area contributed by atoms with Gasteiger partial charge in [0.15, 0.2) is 0 Å². The average Bonchev–Trinajstić information content (AvgIpc) is 2.41. The standard InChI is InChI=1S/C9H12S9/c10-4-13-16-7-2-1-3-8(17-14-5-11)9(7)18-15-6-12/h1-3,10-12H,4-6H2. The molecule has 0 saturated carbocycles. The molecular formula is C9H12S9. The second kappa shape index (κ2) is 12.0. The fourth-order valence-corrected chi connectivity index (χ4v) is 8.03. The fraction of sp³-hybridized carbons (Fsp3) is 0.333. The maximum Gasteiger partial charge on any atom is 0.0472 e. The van der Waals surface area contributed by atoms with Gasteiger partial charge in [0.25, 0.3) is 0 Å². The Bertz CT molecular complexity index is 317. The molecule has 102 valence electrons. The highest BCUT2D eigenvalue weighted by atomic mass is 33.1. The van der Waals surface area contributed by atoms with Gasteiger partial charge in [0.1, 0.15) is 0 Å². The van der Waals surface area contributed by atoms with E-state index >= 15 is 0 Å². The lowest BCUT2D eigenvalue weighted by atomic mass is 10.4. The summed E-state index contributed by atoms with van der Waals surface area (Å²) in [5, 5.41) is 2.45. The third-order valence-corrected chi connectivity index (χ3v) is 10.5. The molecule has 0 radical (unpaired) electrons. The minimum Gasteiger partial charge on any atom is -0.167 e. The predicted molar refractivity (Wildman–Crippen MR) is 108 cm³/mol. The molecule has 1 rings (SSSR count). The van der Waals surface area contributed by atoms with Crippen molar-refractivity contribution in [3.63, 3.8) is 0 Å². The van der Waals surface area contributed by atoms with E-state index in [2.05, 4.69) is 56.1 Å². The number of thiol groups is 3. The molecule has 0 atom stereocenters. The smallest absolute Gasteiger partial charge is 0.0472 e. The van der Waals surface area contributed by atoms with Gasteiger partial charge in [-0.2, -0.15) is 37.9 Å². The normalized spacial score (nSPS) is 10.8. The average molecular weight is 409 g/mol. The quantitative estimate of drug-likeness (QED) is 0.238. The van der Waals surface area contributed by atoms with Crippen LogP contribution in [-0.2, 0) is 0 Å². The van der Waals surface area contributed by atoms with Crippen LogP contribution in [0.3, 0.4) is 0 Å². The Kier molecular flexibility index (Phi) is 12.2. The van der Waals surface area contributed by atoms with Gasteiger partial charge in [-0.3, -0.25) is 0 Å². The van der Waals surface area contributed by atoms with E-state index in [0.717, 1.165) is 15.3 Å². The second-order valence-electron chi connectivity index (χ2n) is 2.57. The lowest BCUT2D eigenvalue weighted by Gasteiger charge is -2.11. The number of benzene rings is 1. The first kappa shape index (κ1) is 18.4. The van der Waals surface area contributed by atoms with Crippen LogP contribution in [0.1, 0.15) is 0 Å². The van der Waals surface area contributed by atoms with E-state index in [1.807, 2.05) is 0 Å². The zero-order chi connectivity index (χ0) is 13.2.